The Labute approximate surface area is 240 Å². The number of hydrogen-bond donors (Lipinski definition) is 0. The third kappa shape index (κ3) is 6.55. The number of aldehydes is 2. The summed E-state index contributed by atoms with van der Waals surface area (Å²) in [5.74, 6) is 1.65. The van der Waals surface area contributed by atoms with Crippen LogP contribution < -0.4 is 9.47 Å². The van der Waals surface area contributed by atoms with Gasteiger partial charge in [-0.15, -0.1) is 0 Å². The van der Waals surface area contributed by atoms with Gasteiger partial charge in [-0.25, -0.2) is 0 Å². The number of carbonyl (C=O) groups excluding carboxylic acids is 3. The van der Waals surface area contributed by atoms with E-state index in [1.807, 2.05) is 53.4 Å². The Bertz CT molecular complexity index is 1370. The van der Waals surface area contributed by atoms with E-state index in [0.29, 0.717) is 37.4 Å². The van der Waals surface area contributed by atoms with Crippen LogP contribution in [0, 0.1) is 0 Å². The molecule has 0 spiro atoms. The van der Waals surface area contributed by atoms with Gasteiger partial charge in [0.1, 0.15) is 37.3 Å². The molecule has 1 saturated heterocycles. The van der Waals surface area contributed by atoms with E-state index in [0.717, 1.165) is 48.0 Å². The molecule has 6 nitrogen and oxygen atoms in total. The topological polar surface area (TPSA) is 72.9 Å². The van der Waals surface area contributed by atoms with Crippen LogP contribution in [0.15, 0.2) is 97.1 Å². The number of ether oxygens (including phenoxy) is 2. The number of piperidine rings is 1. The Balaban J connectivity index is 1.31. The summed E-state index contributed by atoms with van der Waals surface area (Å²) in [6, 6.07) is 31.2. The maximum Gasteiger partial charge on any atom is 0.219 e. The van der Waals surface area contributed by atoms with Gasteiger partial charge in [0.25, 0.3) is 0 Å². The minimum Gasteiger partial charge on any atom is -0.489 e. The molecule has 5 rings (SSSR count). The summed E-state index contributed by atoms with van der Waals surface area (Å²) in [5.41, 5.74) is 5.41. The molecule has 6 heteroatoms. The zero-order valence-electron chi connectivity index (χ0n) is 23.1. The maximum atomic E-state index is 12.1. The van der Waals surface area contributed by atoms with Crippen molar-refractivity contribution in [2.45, 2.75) is 38.4 Å². The molecule has 1 heterocycles. The Morgan fingerprint density at radius 2 is 1.05 bits per heavy atom. The average molecular weight is 548 g/mol. The van der Waals surface area contributed by atoms with E-state index < -0.39 is 0 Å². The van der Waals surface area contributed by atoms with Crippen molar-refractivity contribution in [3.05, 3.63) is 130 Å². The number of hydrogen-bond acceptors (Lipinski definition) is 5. The number of nitrogens with zero attached hydrogens (tertiary/aromatic N) is 1. The van der Waals surface area contributed by atoms with E-state index in [1.54, 1.807) is 31.2 Å². The van der Waals surface area contributed by atoms with E-state index in [2.05, 4.69) is 24.3 Å². The van der Waals surface area contributed by atoms with Crippen LogP contribution in [0.1, 0.15) is 62.7 Å². The molecule has 0 radical (unpaired) electrons. The monoisotopic (exact) mass is 547 g/mol. The van der Waals surface area contributed by atoms with E-state index in [4.69, 9.17) is 9.47 Å². The van der Waals surface area contributed by atoms with Crippen molar-refractivity contribution in [1.82, 2.24) is 4.90 Å². The van der Waals surface area contributed by atoms with Crippen molar-refractivity contribution in [3.8, 4) is 11.5 Å². The van der Waals surface area contributed by atoms with Gasteiger partial charge in [0.05, 0.1) is 0 Å². The molecule has 1 fully saturated rings. The summed E-state index contributed by atoms with van der Waals surface area (Å²) in [6.45, 7) is 3.85. The molecule has 0 atom stereocenters. The summed E-state index contributed by atoms with van der Waals surface area (Å²) in [7, 11) is 0. The minimum absolute atomic E-state index is 0.105. The Hall–Kier alpha value is -4.71. The van der Waals surface area contributed by atoms with Crippen LogP contribution in [0.4, 0.5) is 0 Å². The number of amides is 1. The highest BCUT2D eigenvalue weighted by atomic mass is 16.5. The van der Waals surface area contributed by atoms with Gasteiger partial charge in [0, 0.05) is 36.6 Å². The molecular formula is C35H33NO5. The third-order valence-electron chi connectivity index (χ3n) is 7.92. The highest BCUT2D eigenvalue weighted by molar-refractivity contribution is 5.75. The molecule has 0 N–H and O–H groups in total. The molecule has 1 aliphatic rings. The quantitative estimate of drug-likeness (QED) is 0.215. The van der Waals surface area contributed by atoms with Gasteiger partial charge in [-0.05, 0) is 59.4 Å². The molecule has 208 valence electrons. The van der Waals surface area contributed by atoms with Gasteiger partial charge in [0.15, 0.2) is 0 Å². The van der Waals surface area contributed by atoms with Gasteiger partial charge >= 0.3 is 0 Å². The molecule has 4 aromatic carbocycles. The fraction of sp³-hybridized carbons (Fsp3) is 0.229. The van der Waals surface area contributed by atoms with Gasteiger partial charge in [0.2, 0.25) is 5.91 Å². The Morgan fingerprint density at radius 1 is 0.659 bits per heavy atom. The van der Waals surface area contributed by atoms with Gasteiger partial charge < -0.3 is 14.4 Å². The lowest BCUT2D eigenvalue weighted by atomic mass is 9.68. The predicted molar refractivity (Wildman–Crippen MR) is 157 cm³/mol. The lowest BCUT2D eigenvalue weighted by molar-refractivity contribution is -0.130. The standard InChI is InChI=1S/C35H33NO5/c1-26(39)36-20-18-35(19-21-36,31-10-14-33(15-11-31)40-24-29-6-2-27(22-37)3-7-29)32-12-16-34(17-13-32)41-25-30-8-4-28(23-38)5-9-30/h2-17,22-23H,18-21,24-25H2,1H3. The lowest BCUT2D eigenvalue weighted by Crippen LogP contribution is -2.45. The van der Waals surface area contributed by atoms with Crippen molar-refractivity contribution < 1.29 is 23.9 Å². The average Bonchev–Trinajstić information content (AvgIpc) is 3.03. The third-order valence-corrected chi connectivity index (χ3v) is 7.92. The lowest BCUT2D eigenvalue weighted by Gasteiger charge is -2.42. The van der Waals surface area contributed by atoms with Crippen molar-refractivity contribution >= 4 is 18.5 Å². The molecule has 0 saturated carbocycles. The molecule has 1 aliphatic heterocycles. The smallest absolute Gasteiger partial charge is 0.219 e. The molecule has 0 aliphatic carbocycles. The van der Waals surface area contributed by atoms with Crippen molar-refractivity contribution in [3.63, 3.8) is 0 Å². The zero-order valence-corrected chi connectivity index (χ0v) is 23.1. The van der Waals surface area contributed by atoms with Crippen molar-refractivity contribution in [1.29, 1.82) is 0 Å². The molecule has 4 aromatic rings. The summed E-state index contributed by atoms with van der Waals surface area (Å²) < 4.78 is 12.0. The van der Waals surface area contributed by atoms with Crippen LogP contribution in [-0.4, -0.2) is 36.5 Å². The summed E-state index contributed by atoms with van der Waals surface area (Å²) in [5, 5.41) is 0. The first-order valence-corrected chi connectivity index (χ1v) is 13.8. The number of carbonyl (C=O) groups is 3. The molecule has 41 heavy (non-hydrogen) atoms. The minimum atomic E-state index is -0.238. The molecule has 0 unspecified atom stereocenters. The van der Waals surface area contributed by atoms with Gasteiger partial charge in [-0.1, -0.05) is 72.8 Å². The van der Waals surface area contributed by atoms with Crippen LogP contribution in [-0.2, 0) is 23.4 Å². The van der Waals surface area contributed by atoms with Gasteiger partial charge in [-0.3, -0.25) is 14.4 Å². The normalized spacial score (nSPS) is 14.2. The predicted octanol–water partition coefficient (Wildman–Crippen LogP) is 6.40. The zero-order chi connectivity index (χ0) is 28.7. The second kappa shape index (κ2) is 12.6. The number of rotatable bonds is 10. The van der Waals surface area contributed by atoms with Gasteiger partial charge in [-0.2, -0.15) is 0 Å². The summed E-state index contributed by atoms with van der Waals surface area (Å²) in [6.07, 6.45) is 3.30. The molecule has 1 amide bonds. The van der Waals surface area contributed by atoms with E-state index in [9.17, 15) is 14.4 Å². The van der Waals surface area contributed by atoms with Crippen LogP contribution in [0.2, 0.25) is 0 Å². The van der Waals surface area contributed by atoms with E-state index in [1.165, 1.54) is 11.1 Å². The SMILES string of the molecule is CC(=O)N1CCC(c2ccc(OCc3ccc(C=O)cc3)cc2)(c2ccc(OCc3ccc(C=O)cc3)cc2)CC1. The van der Waals surface area contributed by atoms with E-state index in [-0.39, 0.29) is 11.3 Å². The molecule has 0 bridgehead atoms. The largest absolute Gasteiger partial charge is 0.489 e. The van der Waals surface area contributed by atoms with E-state index >= 15 is 0 Å². The summed E-state index contributed by atoms with van der Waals surface area (Å²) in [4.78, 5) is 35.8. The molecular weight excluding hydrogens is 514 g/mol. The van der Waals surface area contributed by atoms with Crippen LogP contribution in [0.5, 0.6) is 11.5 Å². The first-order valence-electron chi connectivity index (χ1n) is 13.8. The van der Waals surface area contributed by atoms with Crippen LogP contribution in [0.25, 0.3) is 0 Å². The second-order valence-electron chi connectivity index (χ2n) is 10.4. The van der Waals surface area contributed by atoms with Crippen LogP contribution in [0.3, 0.4) is 0 Å². The Kier molecular flexibility index (Phi) is 8.59. The maximum absolute atomic E-state index is 12.1. The fourth-order valence-corrected chi connectivity index (χ4v) is 5.41. The summed E-state index contributed by atoms with van der Waals surface area (Å²) >= 11 is 0. The highest BCUT2D eigenvalue weighted by Crippen LogP contribution is 2.43. The number of likely N-dealkylation sites (tertiary alicyclic amines) is 1. The Morgan fingerprint density at radius 3 is 1.39 bits per heavy atom. The number of benzene rings is 4. The second-order valence-corrected chi connectivity index (χ2v) is 10.4. The van der Waals surface area contributed by atoms with Crippen LogP contribution >= 0.6 is 0 Å². The first-order chi connectivity index (χ1) is 20.0. The van der Waals surface area contributed by atoms with Crippen molar-refractivity contribution in [2.75, 3.05) is 13.1 Å². The fourth-order valence-electron chi connectivity index (χ4n) is 5.41. The first kappa shape index (κ1) is 27.8. The highest BCUT2D eigenvalue weighted by Gasteiger charge is 2.38. The molecule has 0 aromatic heterocycles. The van der Waals surface area contributed by atoms with Crippen molar-refractivity contribution in [2.24, 2.45) is 0 Å².